The Morgan fingerprint density at radius 1 is 1.26 bits per heavy atom. The molecular formula is C16H19BrN2. The van der Waals surface area contributed by atoms with E-state index in [4.69, 9.17) is 0 Å². The summed E-state index contributed by atoms with van der Waals surface area (Å²) in [5.74, 6) is 0. The van der Waals surface area contributed by atoms with Crippen LogP contribution in [-0.2, 0) is 6.42 Å². The van der Waals surface area contributed by atoms with Crippen LogP contribution in [0.5, 0.6) is 0 Å². The van der Waals surface area contributed by atoms with Gasteiger partial charge in [-0.25, -0.2) is 0 Å². The molecule has 100 valence electrons. The van der Waals surface area contributed by atoms with E-state index in [0.29, 0.717) is 6.04 Å². The molecule has 0 fully saturated rings. The van der Waals surface area contributed by atoms with Crippen molar-refractivity contribution in [2.24, 2.45) is 0 Å². The van der Waals surface area contributed by atoms with Crippen LogP contribution in [0.4, 0.5) is 0 Å². The van der Waals surface area contributed by atoms with Gasteiger partial charge in [0.05, 0.1) is 0 Å². The molecule has 1 aromatic carbocycles. The van der Waals surface area contributed by atoms with Gasteiger partial charge in [0.25, 0.3) is 0 Å². The SMILES string of the molecule is CCNC(Cc1ncc(Br)cc1C)c1ccccc1. The molecule has 0 aliphatic rings. The van der Waals surface area contributed by atoms with E-state index in [0.717, 1.165) is 23.1 Å². The van der Waals surface area contributed by atoms with E-state index >= 15 is 0 Å². The average molecular weight is 319 g/mol. The number of aryl methyl sites for hydroxylation is 1. The summed E-state index contributed by atoms with van der Waals surface area (Å²) < 4.78 is 1.04. The van der Waals surface area contributed by atoms with Crippen molar-refractivity contribution < 1.29 is 0 Å². The summed E-state index contributed by atoms with van der Waals surface area (Å²) >= 11 is 3.46. The highest BCUT2D eigenvalue weighted by Crippen LogP contribution is 2.20. The number of nitrogens with zero attached hydrogens (tertiary/aromatic N) is 1. The first-order valence-electron chi connectivity index (χ1n) is 6.60. The number of aromatic nitrogens is 1. The Hall–Kier alpha value is -1.19. The summed E-state index contributed by atoms with van der Waals surface area (Å²) in [7, 11) is 0. The number of hydrogen-bond acceptors (Lipinski definition) is 2. The van der Waals surface area contributed by atoms with Gasteiger partial charge in [-0.1, -0.05) is 37.3 Å². The second-order valence-electron chi connectivity index (χ2n) is 4.64. The first kappa shape index (κ1) is 14.2. The van der Waals surface area contributed by atoms with E-state index in [1.165, 1.54) is 11.1 Å². The zero-order chi connectivity index (χ0) is 13.7. The second-order valence-corrected chi connectivity index (χ2v) is 5.56. The molecule has 0 saturated heterocycles. The maximum atomic E-state index is 4.54. The monoisotopic (exact) mass is 318 g/mol. The number of halogens is 1. The Morgan fingerprint density at radius 2 is 2.00 bits per heavy atom. The fourth-order valence-electron chi connectivity index (χ4n) is 2.22. The van der Waals surface area contributed by atoms with Crippen LogP contribution in [0.15, 0.2) is 47.1 Å². The van der Waals surface area contributed by atoms with Crippen LogP contribution in [0.3, 0.4) is 0 Å². The Morgan fingerprint density at radius 3 is 2.63 bits per heavy atom. The summed E-state index contributed by atoms with van der Waals surface area (Å²) in [5, 5.41) is 3.54. The minimum atomic E-state index is 0.318. The minimum absolute atomic E-state index is 0.318. The highest BCUT2D eigenvalue weighted by molar-refractivity contribution is 9.10. The number of hydrogen-bond donors (Lipinski definition) is 1. The molecule has 3 heteroatoms. The van der Waals surface area contributed by atoms with Crippen molar-refractivity contribution in [1.29, 1.82) is 0 Å². The van der Waals surface area contributed by atoms with Crippen molar-refractivity contribution in [1.82, 2.24) is 10.3 Å². The molecule has 0 spiro atoms. The minimum Gasteiger partial charge on any atom is -0.310 e. The normalized spacial score (nSPS) is 12.4. The lowest BCUT2D eigenvalue weighted by atomic mass is 10.00. The van der Waals surface area contributed by atoms with Crippen LogP contribution in [0.25, 0.3) is 0 Å². The average Bonchev–Trinajstić information content (AvgIpc) is 2.42. The lowest BCUT2D eigenvalue weighted by molar-refractivity contribution is 0.542. The van der Waals surface area contributed by atoms with Gasteiger partial charge in [0.15, 0.2) is 0 Å². The quantitative estimate of drug-likeness (QED) is 0.899. The predicted molar refractivity (Wildman–Crippen MR) is 83.2 cm³/mol. The lowest BCUT2D eigenvalue weighted by Gasteiger charge is -2.19. The summed E-state index contributed by atoms with van der Waals surface area (Å²) in [6, 6.07) is 13.0. The van der Waals surface area contributed by atoms with Crippen LogP contribution >= 0.6 is 15.9 Å². The van der Waals surface area contributed by atoms with Gasteiger partial charge in [-0.15, -0.1) is 0 Å². The Kier molecular flexibility index (Phi) is 5.11. The van der Waals surface area contributed by atoms with Crippen molar-refractivity contribution in [3.05, 3.63) is 63.9 Å². The van der Waals surface area contributed by atoms with Crippen molar-refractivity contribution in [2.75, 3.05) is 6.54 Å². The zero-order valence-electron chi connectivity index (χ0n) is 11.4. The molecule has 2 nitrogen and oxygen atoms in total. The molecule has 19 heavy (non-hydrogen) atoms. The van der Waals surface area contributed by atoms with Crippen molar-refractivity contribution in [3.8, 4) is 0 Å². The van der Waals surface area contributed by atoms with Crippen LogP contribution in [0, 0.1) is 6.92 Å². The predicted octanol–water partition coefficient (Wildman–Crippen LogP) is 4.05. The molecule has 0 radical (unpaired) electrons. The molecule has 1 unspecified atom stereocenters. The van der Waals surface area contributed by atoms with Crippen LogP contribution in [0.2, 0.25) is 0 Å². The first-order chi connectivity index (χ1) is 9.20. The van der Waals surface area contributed by atoms with Crippen molar-refractivity contribution in [2.45, 2.75) is 26.3 Å². The van der Waals surface area contributed by atoms with E-state index < -0.39 is 0 Å². The number of benzene rings is 1. The maximum absolute atomic E-state index is 4.54. The second kappa shape index (κ2) is 6.83. The fraction of sp³-hybridized carbons (Fsp3) is 0.312. The number of nitrogens with one attached hydrogen (secondary N) is 1. The van der Waals surface area contributed by atoms with Gasteiger partial charge in [0, 0.05) is 28.8 Å². The standard InChI is InChI=1S/C16H19BrN2/c1-3-18-16(13-7-5-4-6-8-13)10-15-12(2)9-14(17)11-19-15/h4-9,11,16,18H,3,10H2,1-2H3. The van der Waals surface area contributed by atoms with Crippen molar-refractivity contribution in [3.63, 3.8) is 0 Å². The van der Waals surface area contributed by atoms with Crippen LogP contribution < -0.4 is 5.32 Å². The molecule has 0 aliphatic heterocycles. The van der Waals surface area contributed by atoms with Crippen LogP contribution in [0.1, 0.15) is 29.8 Å². The third-order valence-electron chi connectivity index (χ3n) is 3.20. The summed E-state index contributed by atoms with van der Waals surface area (Å²) in [4.78, 5) is 4.54. The van der Waals surface area contributed by atoms with E-state index in [-0.39, 0.29) is 0 Å². The van der Waals surface area contributed by atoms with E-state index in [1.54, 1.807) is 0 Å². The van der Waals surface area contributed by atoms with Gasteiger partial charge in [0.1, 0.15) is 0 Å². The molecule has 2 aromatic rings. The van der Waals surface area contributed by atoms with Crippen LogP contribution in [-0.4, -0.2) is 11.5 Å². The molecule has 0 aliphatic carbocycles. The van der Waals surface area contributed by atoms with Gasteiger partial charge >= 0.3 is 0 Å². The highest BCUT2D eigenvalue weighted by atomic mass is 79.9. The number of likely N-dealkylation sites (N-methyl/N-ethyl adjacent to an activating group) is 1. The maximum Gasteiger partial charge on any atom is 0.0452 e. The number of rotatable bonds is 5. The van der Waals surface area contributed by atoms with Gasteiger partial charge in [-0.05, 0) is 46.6 Å². The fourth-order valence-corrected chi connectivity index (χ4v) is 2.66. The summed E-state index contributed by atoms with van der Waals surface area (Å²) in [6.07, 6.45) is 2.79. The largest absolute Gasteiger partial charge is 0.310 e. The molecule has 1 aromatic heterocycles. The highest BCUT2D eigenvalue weighted by Gasteiger charge is 2.13. The molecule has 2 rings (SSSR count). The summed E-state index contributed by atoms with van der Waals surface area (Å²) in [5.41, 5.74) is 3.69. The van der Waals surface area contributed by atoms with Crippen molar-refractivity contribution >= 4 is 15.9 Å². The lowest BCUT2D eigenvalue weighted by Crippen LogP contribution is -2.23. The van der Waals surface area contributed by atoms with Gasteiger partial charge in [0.2, 0.25) is 0 Å². The molecule has 0 saturated carbocycles. The zero-order valence-corrected chi connectivity index (χ0v) is 12.9. The molecule has 0 bridgehead atoms. The topological polar surface area (TPSA) is 24.9 Å². The van der Waals surface area contributed by atoms with Gasteiger partial charge in [-0.2, -0.15) is 0 Å². The number of pyridine rings is 1. The third kappa shape index (κ3) is 3.88. The van der Waals surface area contributed by atoms with E-state index in [2.05, 4.69) is 76.5 Å². The molecule has 1 atom stereocenters. The molecule has 1 heterocycles. The van der Waals surface area contributed by atoms with Gasteiger partial charge < -0.3 is 5.32 Å². The Labute approximate surface area is 123 Å². The Bertz CT molecular complexity index is 526. The van der Waals surface area contributed by atoms with Gasteiger partial charge in [-0.3, -0.25) is 4.98 Å². The van der Waals surface area contributed by atoms with E-state index in [9.17, 15) is 0 Å². The third-order valence-corrected chi connectivity index (χ3v) is 3.64. The van der Waals surface area contributed by atoms with E-state index in [1.807, 2.05) is 6.20 Å². The Balaban J connectivity index is 2.21. The first-order valence-corrected chi connectivity index (χ1v) is 7.39. The molecular weight excluding hydrogens is 300 g/mol. The summed E-state index contributed by atoms with van der Waals surface area (Å²) in [6.45, 7) is 5.20. The smallest absolute Gasteiger partial charge is 0.0452 e. The molecule has 1 N–H and O–H groups in total. The molecule has 0 amide bonds.